The zero-order valence-corrected chi connectivity index (χ0v) is 22.3. The molecule has 2 aliphatic rings. The zero-order valence-electron chi connectivity index (χ0n) is 21.5. The second-order valence-corrected chi connectivity index (χ2v) is 10.5. The van der Waals surface area contributed by atoms with E-state index in [1.165, 1.54) is 24.6 Å². The number of nitrogens with one attached hydrogen (secondary N) is 2. The molecule has 0 amide bonds. The molecule has 0 radical (unpaired) electrons. The van der Waals surface area contributed by atoms with Gasteiger partial charge in [-0.2, -0.15) is 5.10 Å². The number of H-pyrrole nitrogens is 1. The molecule has 3 aromatic rings. The zero-order chi connectivity index (χ0) is 25.6. The number of aromatic amines is 1. The number of aromatic nitrogens is 4. The molecule has 5 rings (SSSR count). The Hall–Kier alpha value is -3.11. The van der Waals surface area contributed by atoms with Gasteiger partial charge in [0, 0.05) is 42.1 Å². The predicted molar refractivity (Wildman–Crippen MR) is 144 cm³/mol. The lowest BCUT2D eigenvalue weighted by Gasteiger charge is -2.30. The highest BCUT2D eigenvalue weighted by Crippen LogP contribution is 2.38. The van der Waals surface area contributed by atoms with Gasteiger partial charge >= 0.3 is 0 Å². The second-order valence-electron chi connectivity index (χ2n) is 9.47. The third-order valence-electron chi connectivity index (χ3n) is 6.70. The summed E-state index contributed by atoms with van der Waals surface area (Å²) < 4.78 is 11.6. The molecule has 0 bridgehead atoms. The number of morpholine rings is 1. The van der Waals surface area contributed by atoms with Crippen molar-refractivity contribution in [3.63, 3.8) is 0 Å². The van der Waals surface area contributed by atoms with Crippen molar-refractivity contribution >= 4 is 35.0 Å². The first-order valence-corrected chi connectivity index (χ1v) is 13.9. The fraction of sp³-hybridized carbons (Fsp3) is 0.481. The number of Topliss-reactive ketones (excluding diaryl/α,β-unsaturated/α-hetero) is 1. The molecule has 9 nitrogen and oxygen atoms in total. The fourth-order valence-electron chi connectivity index (χ4n) is 4.79. The Kier molecular flexibility index (Phi) is 8.25. The van der Waals surface area contributed by atoms with E-state index in [9.17, 15) is 4.79 Å². The third-order valence-corrected chi connectivity index (χ3v) is 7.57. The molecule has 2 fully saturated rings. The van der Waals surface area contributed by atoms with Crippen molar-refractivity contribution in [1.29, 1.82) is 0 Å². The van der Waals surface area contributed by atoms with Crippen molar-refractivity contribution in [1.82, 2.24) is 20.2 Å². The van der Waals surface area contributed by atoms with Gasteiger partial charge in [-0.05, 0) is 56.1 Å². The van der Waals surface area contributed by atoms with Crippen LogP contribution in [-0.2, 0) is 16.0 Å². The van der Waals surface area contributed by atoms with E-state index >= 15 is 0 Å². The summed E-state index contributed by atoms with van der Waals surface area (Å²) in [7, 11) is 0. The molecule has 1 saturated heterocycles. The average molecular weight is 523 g/mol. The van der Waals surface area contributed by atoms with Gasteiger partial charge in [-0.1, -0.05) is 25.0 Å². The molecule has 1 aliphatic carbocycles. The van der Waals surface area contributed by atoms with Crippen LogP contribution in [0.15, 0.2) is 40.4 Å². The normalized spacial score (nSPS) is 16.2. The summed E-state index contributed by atoms with van der Waals surface area (Å²) in [5.41, 5.74) is 2.00. The highest BCUT2D eigenvalue weighted by atomic mass is 32.2. The van der Waals surface area contributed by atoms with E-state index in [0.717, 1.165) is 47.9 Å². The van der Waals surface area contributed by atoms with Crippen LogP contribution < -0.4 is 15.0 Å². The molecule has 1 aromatic carbocycles. The molecule has 196 valence electrons. The lowest BCUT2D eigenvalue weighted by molar-refractivity contribution is -0.122. The smallest absolute Gasteiger partial charge is 0.205 e. The van der Waals surface area contributed by atoms with Gasteiger partial charge in [-0.25, -0.2) is 9.97 Å². The van der Waals surface area contributed by atoms with Crippen LogP contribution in [0.25, 0.3) is 0 Å². The summed E-state index contributed by atoms with van der Waals surface area (Å²) in [6.45, 7) is 7.13. The minimum absolute atomic E-state index is 0.245. The van der Waals surface area contributed by atoms with Gasteiger partial charge in [0.25, 0.3) is 0 Å². The van der Waals surface area contributed by atoms with Gasteiger partial charge in [0.2, 0.25) is 5.75 Å². The van der Waals surface area contributed by atoms with Crippen molar-refractivity contribution in [2.24, 2.45) is 5.92 Å². The maximum atomic E-state index is 12.6. The van der Waals surface area contributed by atoms with Crippen molar-refractivity contribution in [3.05, 3.63) is 41.6 Å². The van der Waals surface area contributed by atoms with Crippen LogP contribution in [0.5, 0.6) is 5.75 Å². The number of hydrogen-bond donors (Lipinski definition) is 2. The summed E-state index contributed by atoms with van der Waals surface area (Å²) >= 11 is 1.49. The lowest BCUT2D eigenvalue weighted by atomic mass is 9.97. The molecular weight excluding hydrogens is 488 g/mol. The first-order valence-electron chi connectivity index (χ1n) is 13.0. The van der Waals surface area contributed by atoms with E-state index in [2.05, 4.69) is 20.4 Å². The number of aryl methyl sites for hydroxylation is 1. The Morgan fingerprint density at radius 1 is 1.19 bits per heavy atom. The molecule has 3 heterocycles. The number of carbonyl (C=O) groups is 1. The summed E-state index contributed by atoms with van der Waals surface area (Å²) in [4.78, 5) is 25.5. The van der Waals surface area contributed by atoms with E-state index in [1.54, 1.807) is 0 Å². The summed E-state index contributed by atoms with van der Waals surface area (Å²) in [5.74, 6) is 3.20. The Morgan fingerprint density at radius 2 is 1.95 bits per heavy atom. The topological polar surface area (TPSA) is 105 Å². The minimum Gasteiger partial charge on any atom is -0.487 e. The molecule has 0 unspecified atom stereocenters. The molecule has 2 N–H and O–H groups in total. The van der Waals surface area contributed by atoms with Gasteiger partial charge in [0.15, 0.2) is 22.6 Å². The molecule has 1 saturated carbocycles. The van der Waals surface area contributed by atoms with Crippen molar-refractivity contribution in [3.8, 4) is 5.75 Å². The van der Waals surface area contributed by atoms with Gasteiger partial charge in [-0.15, -0.1) is 0 Å². The van der Waals surface area contributed by atoms with E-state index in [-0.39, 0.29) is 5.92 Å². The number of benzene rings is 1. The van der Waals surface area contributed by atoms with Gasteiger partial charge in [0.1, 0.15) is 5.78 Å². The average Bonchev–Trinajstić information content (AvgIpc) is 3.59. The first kappa shape index (κ1) is 25.5. The van der Waals surface area contributed by atoms with E-state index in [0.29, 0.717) is 54.6 Å². The highest BCUT2D eigenvalue weighted by Gasteiger charge is 2.25. The number of anilines is 3. The van der Waals surface area contributed by atoms with Crippen LogP contribution in [0.1, 0.15) is 43.9 Å². The van der Waals surface area contributed by atoms with Crippen LogP contribution in [0.2, 0.25) is 0 Å². The number of hydrogen-bond acceptors (Lipinski definition) is 9. The number of ketones is 1. The van der Waals surface area contributed by atoms with Crippen LogP contribution >= 0.6 is 11.8 Å². The second kappa shape index (κ2) is 12.0. The highest BCUT2D eigenvalue weighted by molar-refractivity contribution is 7.99. The largest absolute Gasteiger partial charge is 0.487 e. The Balaban J connectivity index is 1.40. The van der Waals surface area contributed by atoms with Crippen LogP contribution in [0.4, 0.5) is 17.5 Å². The van der Waals surface area contributed by atoms with Gasteiger partial charge < -0.3 is 19.7 Å². The van der Waals surface area contributed by atoms with E-state index in [4.69, 9.17) is 19.4 Å². The lowest BCUT2D eigenvalue weighted by Crippen LogP contribution is -2.37. The van der Waals surface area contributed by atoms with Crippen molar-refractivity contribution < 1.29 is 14.3 Å². The molecule has 10 heteroatoms. The summed E-state index contributed by atoms with van der Waals surface area (Å²) in [6.07, 6.45) is 4.95. The van der Waals surface area contributed by atoms with E-state index in [1.807, 2.05) is 44.2 Å². The third kappa shape index (κ3) is 6.42. The minimum atomic E-state index is 0.245. The monoisotopic (exact) mass is 522 g/mol. The molecular formula is C27H34N6O3S. The van der Waals surface area contributed by atoms with Crippen LogP contribution in [0, 0.1) is 12.8 Å². The molecule has 0 spiro atoms. The molecule has 1 aliphatic heterocycles. The number of rotatable bonds is 10. The quantitative estimate of drug-likeness (QED) is 0.358. The first-order chi connectivity index (χ1) is 18.1. The Labute approximate surface area is 221 Å². The maximum absolute atomic E-state index is 12.6. The molecule has 0 atom stereocenters. The standard InChI is InChI=1S/C27H34N6O3S/c1-3-36-24-25(28-23-16-18(2)31-32-23)29-27(30-26(24)33-12-14-35-15-13-33)37-21-10-8-19(9-11-21)17-22(34)20-6-4-5-7-20/h8-11,16,20H,3-7,12-15,17H2,1-2H3,(H2,28,29,30,31,32). The van der Waals surface area contributed by atoms with Crippen LogP contribution in [-0.4, -0.2) is 58.9 Å². The van der Waals surface area contributed by atoms with Gasteiger partial charge in [0.05, 0.1) is 19.8 Å². The maximum Gasteiger partial charge on any atom is 0.205 e. The predicted octanol–water partition coefficient (Wildman–Crippen LogP) is 4.94. The summed E-state index contributed by atoms with van der Waals surface area (Å²) in [6, 6.07) is 10.1. The fourth-order valence-corrected chi connectivity index (χ4v) is 5.55. The Bertz CT molecular complexity index is 1200. The molecule has 2 aromatic heterocycles. The van der Waals surface area contributed by atoms with Gasteiger partial charge in [-0.3, -0.25) is 9.89 Å². The van der Waals surface area contributed by atoms with Crippen LogP contribution in [0.3, 0.4) is 0 Å². The van der Waals surface area contributed by atoms with E-state index < -0.39 is 0 Å². The number of ether oxygens (including phenoxy) is 2. The Morgan fingerprint density at radius 3 is 2.62 bits per heavy atom. The van der Waals surface area contributed by atoms with Crippen molar-refractivity contribution in [2.45, 2.75) is 56.0 Å². The number of carbonyl (C=O) groups excluding carboxylic acids is 1. The number of nitrogens with zero attached hydrogens (tertiary/aromatic N) is 4. The van der Waals surface area contributed by atoms with Crippen molar-refractivity contribution in [2.75, 3.05) is 43.1 Å². The molecule has 37 heavy (non-hydrogen) atoms. The SMILES string of the molecule is CCOc1c(Nc2cc(C)[nH]n2)nc(Sc2ccc(CC(=O)C3CCCC3)cc2)nc1N1CCOCC1. The summed E-state index contributed by atoms with van der Waals surface area (Å²) in [5, 5.41) is 11.2.